The van der Waals surface area contributed by atoms with Gasteiger partial charge in [0, 0.05) is 11.6 Å². The van der Waals surface area contributed by atoms with Crippen molar-refractivity contribution in [3.63, 3.8) is 0 Å². The Balaban J connectivity index is 1.67. The van der Waals surface area contributed by atoms with E-state index in [9.17, 15) is 14.4 Å². The molecule has 1 saturated carbocycles. The highest BCUT2D eigenvalue weighted by Gasteiger charge is 2.30. The first-order valence-electron chi connectivity index (χ1n) is 10.0. The molecule has 8 heteroatoms. The van der Waals surface area contributed by atoms with Crippen LogP contribution in [0, 0.1) is 0 Å². The van der Waals surface area contributed by atoms with E-state index in [0.717, 1.165) is 12.8 Å². The van der Waals surface area contributed by atoms with Crippen molar-refractivity contribution in [2.45, 2.75) is 25.4 Å². The zero-order valence-corrected chi connectivity index (χ0v) is 16.9. The zero-order chi connectivity index (χ0) is 21.5. The van der Waals surface area contributed by atoms with Crippen LogP contribution in [0.15, 0.2) is 70.5 Å². The first kappa shape index (κ1) is 19.0. The van der Waals surface area contributed by atoms with Crippen molar-refractivity contribution in [1.82, 2.24) is 18.7 Å². The summed E-state index contributed by atoms with van der Waals surface area (Å²) in [5.41, 5.74) is 0.765. The van der Waals surface area contributed by atoms with Crippen LogP contribution in [0.25, 0.3) is 16.9 Å². The number of methoxy groups -OCH3 is 1. The van der Waals surface area contributed by atoms with Gasteiger partial charge in [0.15, 0.2) is 16.9 Å². The van der Waals surface area contributed by atoms with Gasteiger partial charge in [-0.25, -0.2) is 14.3 Å². The summed E-state index contributed by atoms with van der Waals surface area (Å²) >= 11 is 0. The lowest BCUT2D eigenvalue weighted by Crippen LogP contribution is -2.39. The van der Waals surface area contributed by atoms with Crippen LogP contribution < -0.4 is 16.0 Å². The number of ether oxygens (including phenoxy) is 1. The third-order valence-corrected chi connectivity index (χ3v) is 5.48. The van der Waals surface area contributed by atoms with Crippen LogP contribution in [0.1, 0.15) is 29.2 Å². The van der Waals surface area contributed by atoms with Crippen LogP contribution >= 0.6 is 0 Å². The molecule has 0 radical (unpaired) electrons. The van der Waals surface area contributed by atoms with Crippen molar-refractivity contribution < 1.29 is 9.53 Å². The van der Waals surface area contributed by atoms with Gasteiger partial charge in [0.05, 0.1) is 25.7 Å². The Hall–Kier alpha value is -3.94. The summed E-state index contributed by atoms with van der Waals surface area (Å²) in [6.45, 7) is -0.0728. The molecule has 0 atom stereocenters. The van der Waals surface area contributed by atoms with E-state index >= 15 is 0 Å². The summed E-state index contributed by atoms with van der Waals surface area (Å²) in [5, 5.41) is 0. The number of carbonyl (C=O) groups excluding carboxylic acids is 1. The molecule has 1 fully saturated rings. The largest absolute Gasteiger partial charge is 0.497 e. The van der Waals surface area contributed by atoms with Crippen LogP contribution in [0.4, 0.5) is 0 Å². The second kappa shape index (κ2) is 7.39. The summed E-state index contributed by atoms with van der Waals surface area (Å²) in [5.74, 6) is 0.392. The van der Waals surface area contributed by atoms with Gasteiger partial charge in [-0.2, -0.15) is 0 Å². The predicted octanol–water partition coefficient (Wildman–Crippen LogP) is 2.58. The number of ketones is 1. The van der Waals surface area contributed by atoms with Crippen LogP contribution in [0.3, 0.4) is 0 Å². The number of Topliss-reactive ketones (excluding diaryl/α,β-unsaturated/α-hetero) is 1. The molecule has 0 amide bonds. The second-order valence-electron chi connectivity index (χ2n) is 7.56. The van der Waals surface area contributed by atoms with Gasteiger partial charge in [-0.1, -0.05) is 30.3 Å². The SMILES string of the molecule is COc1cccc(C(=O)Cn2cnc3c2c(=O)n(C2CC2)c(=O)n3-c2ccccc2)c1. The maximum absolute atomic E-state index is 13.3. The van der Waals surface area contributed by atoms with Crippen molar-refractivity contribution in [2.75, 3.05) is 7.11 Å². The first-order valence-corrected chi connectivity index (χ1v) is 10.0. The zero-order valence-electron chi connectivity index (χ0n) is 16.9. The van der Waals surface area contributed by atoms with Gasteiger partial charge in [0.25, 0.3) is 5.56 Å². The minimum Gasteiger partial charge on any atom is -0.497 e. The van der Waals surface area contributed by atoms with E-state index in [0.29, 0.717) is 17.0 Å². The van der Waals surface area contributed by atoms with Crippen molar-refractivity contribution in [3.8, 4) is 11.4 Å². The first-order chi connectivity index (χ1) is 15.1. The quantitative estimate of drug-likeness (QED) is 0.451. The van der Waals surface area contributed by atoms with Gasteiger partial charge in [0.1, 0.15) is 5.75 Å². The molecule has 0 bridgehead atoms. The topological polar surface area (TPSA) is 88.1 Å². The average Bonchev–Trinajstić information content (AvgIpc) is 3.54. The lowest BCUT2D eigenvalue weighted by molar-refractivity contribution is 0.0973. The smallest absolute Gasteiger partial charge is 0.337 e. The molecule has 0 N–H and O–H groups in total. The molecular formula is C23H20N4O4. The minimum atomic E-state index is -0.411. The van der Waals surface area contributed by atoms with Gasteiger partial charge in [-0.3, -0.25) is 14.2 Å². The summed E-state index contributed by atoms with van der Waals surface area (Å²) in [6, 6.07) is 15.8. The van der Waals surface area contributed by atoms with Gasteiger partial charge in [0.2, 0.25) is 0 Å². The molecule has 156 valence electrons. The summed E-state index contributed by atoms with van der Waals surface area (Å²) < 4.78 is 9.46. The molecule has 1 aliphatic rings. The molecule has 2 heterocycles. The van der Waals surface area contributed by atoms with E-state index in [4.69, 9.17) is 4.74 Å². The molecule has 4 aromatic rings. The molecule has 0 unspecified atom stereocenters. The molecule has 8 nitrogen and oxygen atoms in total. The van der Waals surface area contributed by atoms with E-state index < -0.39 is 11.2 Å². The maximum atomic E-state index is 13.3. The standard InChI is InChI=1S/C23H20N4O4/c1-31-18-9-5-6-15(12-18)19(28)13-25-14-24-21-20(25)22(29)27(17-10-11-17)23(30)26(21)16-7-3-2-4-8-16/h2-9,12,14,17H,10-11,13H2,1H3. The predicted molar refractivity (Wildman–Crippen MR) is 115 cm³/mol. The molecular weight excluding hydrogens is 396 g/mol. The minimum absolute atomic E-state index is 0.0728. The fraction of sp³-hybridized carbons (Fsp3) is 0.217. The third kappa shape index (κ3) is 3.26. The average molecular weight is 416 g/mol. The molecule has 31 heavy (non-hydrogen) atoms. The fourth-order valence-electron chi connectivity index (χ4n) is 3.78. The molecule has 0 spiro atoms. The Morgan fingerprint density at radius 3 is 2.58 bits per heavy atom. The van der Waals surface area contributed by atoms with E-state index in [1.54, 1.807) is 36.4 Å². The Kier molecular flexibility index (Phi) is 4.54. The number of rotatable bonds is 6. The molecule has 0 saturated heterocycles. The van der Waals surface area contributed by atoms with Crippen molar-refractivity contribution in [3.05, 3.63) is 87.3 Å². The lowest BCUT2D eigenvalue weighted by Gasteiger charge is -2.12. The number of para-hydroxylation sites is 1. The monoisotopic (exact) mass is 416 g/mol. The number of carbonyl (C=O) groups is 1. The van der Waals surface area contributed by atoms with Crippen LogP contribution in [0.2, 0.25) is 0 Å². The number of imidazole rings is 1. The van der Waals surface area contributed by atoms with E-state index in [1.165, 1.54) is 27.1 Å². The molecule has 5 rings (SSSR count). The fourth-order valence-corrected chi connectivity index (χ4v) is 3.78. The number of aromatic nitrogens is 4. The Morgan fingerprint density at radius 2 is 1.87 bits per heavy atom. The van der Waals surface area contributed by atoms with E-state index in [2.05, 4.69) is 4.98 Å². The van der Waals surface area contributed by atoms with Crippen molar-refractivity contribution >= 4 is 16.9 Å². The van der Waals surface area contributed by atoms with Crippen molar-refractivity contribution in [1.29, 1.82) is 0 Å². The molecule has 0 aliphatic heterocycles. The number of hydrogen-bond donors (Lipinski definition) is 0. The van der Waals surface area contributed by atoms with E-state index in [-0.39, 0.29) is 29.5 Å². The summed E-state index contributed by atoms with van der Waals surface area (Å²) in [4.78, 5) is 43.7. The highest BCUT2D eigenvalue weighted by Crippen LogP contribution is 2.32. The van der Waals surface area contributed by atoms with Gasteiger partial charge in [-0.05, 0) is 37.1 Å². The van der Waals surface area contributed by atoms with Crippen LogP contribution in [0.5, 0.6) is 5.75 Å². The summed E-state index contributed by atoms with van der Waals surface area (Å²) in [7, 11) is 1.54. The Morgan fingerprint density at radius 1 is 1.10 bits per heavy atom. The molecule has 2 aromatic carbocycles. The number of nitrogens with zero attached hydrogens (tertiary/aromatic N) is 4. The summed E-state index contributed by atoms with van der Waals surface area (Å²) in [6.07, 6.45) is 3.01. The molecule has 2 aromatic heterocycles. The lowest BCUT2D eigenvalue weighted by atomic mass is 10.1. The van der Waals surface area contributed by atoms with Gasteiger partial charge < -0.3 is 9.30 Å². The number of benzene rings is 2. The normalized spacial score (nSPS) is 13.5. The second-order valence-corrected chi connectivity index (χ2v) is 7.56. The van der Waals surface area contributed by atoms with Gasteiger partial charge >= 0.3 is 5.69 Å². The number of hydrogen-bond acceptors (Lipinski definition) is 5. The Bertz CT molecular complexity index is 1410. The maximum Gasteiger partial charge on any atom is 0.337 e. The highest BCUT2D eigenvalue weighted by atomic mass is 16.5. The number of fused-ring (bicyclic) bond motifs is 1. The van der Waals surface area contributed by atoms with Crippen LogP contribution in [-0.4, -0.2) is 31.6 Å². The van der Waals surface area contributed by atoms with E-state index in [1.807, 2.05) is 18.2 Å². The highest BCUT2D eigenvalue weighted by molar-refractivity contribution is 5.96. The van der Waals surface area contributed by atoms with Crippen LogP contribution in [-0.2, 0) is 6.54 Å². The Labute approximate surface area is 177 Å². The van der Waals surface area contributed by atoms with Gasteiger partial charge in [-0.15, -0.1) is 0 Å². The third-order valence-electron chi connectivity index (χ3n) is 5.48. The molecule has 1 aliphatic carbocycles. The van der Waals surface area contributed by atoms with Crippen molar-refractivity contribution in [2.24, 2.45) is 0 Å².